The third kappa shape index (κ3) is 5.10. The van der Waals surface area contributed by atoms with Crippen LogP contribution in [-0.2, 0) is 17.9 Å². The largest absolute Gasteiger partial charge is 0.487 e. The fraction of sp³-hybridized carbons (Fsp3) is 0.321. The zero-order valence-electron chi connectivity index (χ0n) is 19.0. The van der Waals surface area contributed by atoms with Crippen molar-refractivity contribution in [2.24, 2.45) is 0 Å². The molecule has 5 heteroatoms. The maximum absolute atomic E-state index is 13.4. The molecule has 0 radical (unpaired) electrons. The number of benzene rings is 3. The number of hydrogen-bond acceptors (Lipinski definition) is 4. The number of para-hydroxylation sites is 2. The summed E-state index contributed by atoms with van der Waals surface area (Å²) in [6.45, 7) is 5.27. The van der Waals surface area contributed by atoms with E-state index in [-0.39, 0.29) is 11.4 Å². The molecule has 2 aliphatic rings. The third-order valence-corrected chi connectivity index (χ3v) is 6.75. The van der Waals surface area contributed by atoms with Crippen molar-refractivity contribution in [1.82, 2.24) is 9.80 Å². The number of hydrogen-bond donors (Lipinski definition) is 1. The van der Waals surface area contributed by atoms with Crippen LogP contribution in [0.3, 0.4) is 0 Å². The standard InChI is InChI=1S/C28H31N3O2/c32-27(29-25-13-7-8-14-26(25)33-22-24-11-5-2-6-12-24)28(15-16-28)31-19-17-30(18-20-31)21-23-9-3-1-4-10-23/h1-14H,15-22H2,(H,29,32). The van der Waals surface area contributed by atoms with Crippen molar-refractivity contribution >= 4 is 11.6 Å². The van der Waals surface area contributed by atoms with E-state index >= 15 is 0 Å². The van der Waals surface area contributed by atoms with Crippen LogP contribution in [-0.4, -0.2) is 47.4 Å². The quantitative estimate of drug-likeness (QED) is 0.557. The molecule has 5 nitrogen and oxygen atoms in total. The lowest BCUT2D eigenvalue weighted by atomic mass is 10.1. The van der Waals surface area contributed by atoms with Crippen LogP contribution >= 0.6 is 0 Å². The highest BCUT2D eigenvalue weighted by Gasteiger charge is 2.54. The number of carbonyl (C=O) groups excluding carboxylic acids is 1. The lowest BCUT2D eigenvalue weighted by Crippen LogP contribution is -2.55. The first-order valence-corrected chi connectivity index (χ1v) is 11.8. The molecule has 170 valence electrons. The molecule has 5 rings (SSSR count). The first-order chi connectivity index (χ1) is 16.2. The van der Waals surface area contributed by atoms with Gasteiger partial charge in [-0.3, -0.25) is 14.6 Å². The molecule has 0 spiro atoms. The van der Waals surface area contributed by atoms with Crippen LogP contribution in [0.25, 0.3) is 0 Å². The van der Waals surface area contributed by atoms with E-state index in [1.54, 1.807) is 0 Å². The van der Waals surface area contributed by atoms with Crippen LogP contribution in [0.1, 0.15) is 24.0 Å². The highest BCUT2D eigenvalue weighted by molar-refractivity contribution is 6.01. The number of anilines is 1. The Hall–Kier alpha value is -3.15. The zero-order valence-corrected chi connectivity index (χ0v) is 19.0. The normalized spacial score (nSPS) is 17.9. The lowest BCUT2D eigenvalue weighted by Gasteiger charge is -2.39. The van der Waals surface area contributed by atoms with Gasteiger partial charge in [-0.25, -0.2) is 0 Å². The minimum atomic E-state index is -0.370. The molecule has 0 bridgehead atoms. The number of nitrogens with one attached hydrogen (secondary N) is 1. The predicted octanol–water partition coefficient (Wildman–Crippen LogP) is 4.55. The molecule has 0 atom stereocenters. The van der Waals surface area contributed by atoms with E-state index in [1.165, 1.54) is 5.56 Å². The van der Waals surface area contributed by atoms with E-state index in [0.29, 0.717) is 12.4 Å². The number of amides is 1. The van der Waals surface area contributed by atoms with E-state index in [1.807, 2.05) is 54.6 Å². The Morgan fingerprint density at radius 1 is 0.788 bits per heavy atom. The first kappa shape index (κ1) is 21.7. The summed E-state index contributed by atoms with van der Waals surface area (Å²) in [6.07, 6.45) is 1.84. The Bertz CT molecular complexity index is 1060. The summed E-state index contributed by atoms with van der Waals surface area (Å²) in [5, 5.41) is 3.18. The van der Waals surface area contributed by atoms with Crippen LogP contribution in [0, 0.1) is 0 Å². The van der Waals surface area contributed by atoms with Gasteiger partial charge in [-0.2, -0.15) is 0 Å². The van der Waals surface area contributed by atoms with Crippen molar-refractivity contribution in [3.8, 4) is 5.75 Å². The van der Waals surface area contributed by atoms with E-state index < -0.39 is 0 Å². The summed E-state index contributed by atoms with van der Waals surface area (Å²) in [5.41, 5.74) is 2.82. The predicted molar refractivity (Wildman–Crippen MR) is 131 cm³/mol. The Morgan fingerprint density at radius 2 is 1.39 bits per heavy atom. The third-order valence-electron chi connectivity index (χ3n) is 6.75. The summed E-state index contributed by atoms with van der Waals surface area (Å²) in [4.78, 5) is 18.2. The fourth-order valence-electron chi connectivity index (χ4n) is 4.65. The van der Waals surface area contributed by atoms with Gasteiger partial charge in [0.25, 0.3) is 0 Å². The second-order valence-electron chi connectivity index (χ2n) is 9.00. The van der Waals surface area contributed by atoms with Gasteiger partial charge in [0.2, 0.25) is 5.91 Å². The molecule has 1 N–H and O–H groups in total. The molecular formula is C28H31N3O2. The summed E-state index contributed by atoms with van der Waals surface area (Å²) >= 11 is 0. The van der Waals surface area contributed by atoms with Crippen molar-refractivity contribution < 1.29 is 9.53 Å². The van der Waals surface area contributed by atoms with E-state index in [9.17, 15) is 4.79 Å². The minimum Gasteiger partial charge on any atom is -0.487 e. The Labute approximate surface area is 196 Å². The van der Waals surface area contributed by atoms with Gasteiger partial charge in [-0.15, -0.1) is 0 Å². The second-order valence-corrected chi connectivity index (χ2v) is 9.00. The average molecular weight is 442 g/mol. The lowest BCUT2D eigenvalue weighted by molar-refractivity contribution is -0.123. The summed E-state index contributed by atoms with van der Waals surface area (Å²) in [5.74, 6) is 0.799. The topological polar surface area (TPSA) is 44.8 Å². The number of carbonyl (C=O) groups is 1. The SMILES string of the molecule is O=C(Nc1ccccc1OCc1ccccc1)C1(N2CCN(Cc3ccccc3)CC2)CC1. The van der Waals surface area contributed by atoms with Gasteiger partial charge in [0.1, 0.15) is 17.9 Å². The first-order valence-electron chi connectivity index (χ1n) is 11.8. The monoisotopic (exact) mass is 441 g/mol. The van der Waals surface area contributed by atoms with Gasteiger partial charge in [-0.1, -0.05) is 72.8 Å². The van der Waals surface area contributed by atoms with Crippen molar-refractivity contribution in [3.05, 3.63) is 96.1 Å². The second kappa shape index (κ2) is 9.77. The van der Waals surface area contributed by atoms with Gasteiger partial charge in [-0.05, 0) is 36.1 Å². The molecule has 33 heavy (non-hydrogen) atoms. The van der Waals surface area contributed by atoms with Gasteiger partial charge in [0.15, 0.2) is 0 Å². The molecule has 1 aliphatic heterocycles. The molecule has 2 fully saturated rings. The van der Waals surface area contributed by atoms with E-state index in [4.69, 9.17) is 4.74 Å². The molecule has 1 amide bonds. The highest BCUT2D eigenvalue weighted by atomic mass is 16.5. The van der Waals surface area contributed by atoms with Crippen molar-refractivity contribution in [2.75, 3.05) is 31.5 Å². The van der Waals surface area contributed by atoms with Gasteiger partial charge in [0.05, 0.1) is 5.69 Å². The molecule has 3 aromatic rings. The molecule has 3 aromatic carbocycles. The molecular weight excluding hydrogens is 410 g/mol. The van der Waals surface area contributed by atoms with Crippen LogP contribution in [0.5, 0.6) is 5.75 Å². The van der Waals surface area contributed by atoms with Crippen molar-refractivity contribution in [1.29, 1.82) is 0 Å². The van der Waals surface area contributed by atoms with Crippen LogP contribution in [0.15, 0.2) is 84.9 Å². The van der Waals surface area contributed by atoms with E-state index in [0.717, 1.165) is 56.8 Å². The maximum Gasteiger partial charge on any atom is 0.245 e. The van der Waals surface area contributed by atoms with Crippen LogP contribution < -0.4 is 10.1 Å². The average Bonchev–Trinajstić information content (AvgIpc) is 3.68. The summed E-state index contributed by atoms with van der Waals surface area (Å²) in [6, 6.07) is 28.4. The molecule has 1 aliphatic carbocycles. The van der Waals surface area contributed by atoms with Gasteiger partial charge < -0.3 is 10.1 Å². The van der Waals surface area contributed by atoms with Gasteiger partial charge >= 0.3 is 0 Å². The zero-order chi connectivity index (χ0) is 22.5. The minimum absolute atomic E-state index is 0.0924. The Kier molecular flexibility index (Phi) is 6.42. The maximum atomic E-state index is 13.4. The smallest absolute Gasteiger partial charge is 0.245 e. The fourth-order valence-corrected chi connectivity index (χ4v) is 4.65. The summed E-state index contributed by atoms with van der Waals surface area (Å²) < 4.78 is 6.04. The molecule has 1 saturated carbocycles. The highest BCUT2D eigenvalue weighted by Crippen LogP contribution is 2.43. The Morgan fingerprint density at radius 3 is 2.06 bits per heavy atom. The van der Waals surface area contributed by atoms with Crippen LogP contribution in [0.4, 0.5) is 5.69 Å². The molecule has 0 aromatic heterocycles. The number of nitrogens with zero attached hydrogens (tertiary/aromatic N) is 2. The van der Waals surface area contributed by atoms with Gasteiger partial charge in [0, 0.05) is 32.7 Å². The number of rotatable bonds is 8. The van der Waals surface area contributed by atoms with Crippen molar-refractivity contribution in [2.45, 2.75) is 31.5 Å². The number of piperazine rings is 1. The molecule has 0 unspecified atom stereocenters. The van der Waals surface area contributed by atoms with E-state index in [2.05, 4.69) is 45.4 Å². The molecule has 1 heterocycles. The number of ether oxygens (including phenoxy) is 1. The van der Waals surface area contributed by atoms with Crippen molar-refractivity contribution in [3.63, 3.8) is 0 Å². The molecule has 1 saturated heterocycles. The Balaban J connectivity index is 1.18. The van der Waals surface area contributed by atoms with Crippen LogP contribution in [0.2, 0.25) is 0 Å². The summed E-state index contributed by atoms with van der Waals surface area (Å²) in [7, 11) is 0.